The third kappa shape index (κ3) is 3.45. The smallest absolute Gasteiger partial charge is 0.312 e. The molecule has 0 saturated carbocycles. The third-order valence-corrected chi connectivity index (χ3v) is 3.38. The standard InChI is InChI=1S/C15H20NO/c1-5-15(3,4)13(2)16(12-17)11-14-9-7-6-8-10-14/h5-10,13H,1,11H2,2-4H3. The van der Waals surface area contributed by atoms with E-state index in [9.17, 15) is 4.79 Å². The number of nitrogens with zero attached hydrogens (tertiary/aromatic N) is 1. The molecule has 0 saturated heterocycles. The van der Waals surface area contributed by atoms with Gasteiger partial charge in [0.1, 0.15) is 0 Å². The Morgan fingerprint density at radius 2 is 2.00 bits per heavy atom. The highest BCUT2D eigenvalue weighted by Gasteiger charge is 2.27. The van der Waals surface area contributed by atoms with Crippen LogP contribution in [0.25, 0.3) is 0 Å². The van der Waals surface area contributed by atoms with Crippen molar-refractivity contribution in [2.45, 2.75) is 33.4 Å². The molecule has 17 heavy (non-hydrogen) atoms. The number of hydrogen-bond donors (Lipinski definition) is 0. The zero-order chi connectivity index (χ0) is 12.9. The van der Waals surface area contributed by atoms with Gasteiger partial charge in [-0.05, 0) is 12.5 Å². The van der Waals surface area contributed by atoms with E-state index >= 15 is 0 Å². The van der Waals surface area contributed by atoms with Crippen LogP contribution in [0.4, 0.5) is 0 Å². The maximum atomic E-state index is 11.1. The van der Waals surface area contributed by atoms with Crippen molar-refractivity contribution in [3.8, 4) is 0 Å². The summed E-state index contributed by atoms with van der Waals surface area (Å²) in [6.45, 7) is 10.6. The Balaban J connectivity index is 2.79. The predicted octanol–water partition coefficient (Wildman–Crippen LogP) is 3.16. The molecular weight excluding hydrogens is 210 g/mol. The highest BCUT2D eigenvalue weighted by atomic mass is 16.1. The minimum atomic E-state index is -0.119. The van der Waals surface area contributed by atoms with Crippen molar-refractivity contribution in [3.05, 3.63) is 48.6 Å². The average molecular weight is 230 g/mol. The Labute approximate surface area is 104 Å². The predicted molar refractivity (Wildman–Crippen MR) is 71.1 cm³/mol. The number of benzene rings is 1. The van der Waals surface area contributed by atoms with E-state index in [2.05, 4.69) is 20.4 Å². The van der Waals surface area contributed by atoms with Crippen LogP contribution in [0.2, 0.25) is 0 Å². The maximum absolute atomic E-state index is 11.1. The summed E-state index contributed by atoms with van der Waals surface area (Å²) in [6, 6.07) is 10.0. The van der Waals surface area contributed by atoms with Gasteiger partial charge in [0.05, 0.1) is 0 Å². The van der Waals surface area contributed by atoms with Crippen LogP contribution in [0.5, 0.6) is 0 Å². The van der Waals surface area contributed by atoms with Crippen molar-refractivity contribution in [1.29, 1.82) is 0 Å². The first-order valence-electron chi connectivity index (χ1n) is 5.83. The van der Waals surface area contributed by atoms with Crippen molar-refractivity contribution in [2.24, 2.45) is 5.41 Å². The Bertz CT molecular complexity index is 370. The molecule has 1 aromatic rings. The largest absolute Gasteiger partial charge is 0.327 e. The summed E-state index contributed by atoms with van der Waals surface area (Å²) in [5.41, 5.74) is 0.995. The van der Waals surface area contributed by atoms with E-state index in [1.165, 1.54) is 0 Å². The molecule has 1 unspecified atom stereocenters. The van der Waals surface area contributed by atoms with Gasteiger partial charge in [-0.3, -0.25) is 4.79 Å². The Hall–Kier alpha value is -1.57. The molecule has 0 aliphatic carbocycles. The molecule has 0 bridgehead atoms. The molecule has 2 heteroatoms. The van der Waals surface area contributed by atoms with Gasteiger partial charge in [-0.2, -0.15) is 0 Å². The molecule has 0 spiro atoms. The molecule has 91 valence electrons. The van der Waals surface area contributed by atoms with Crippen LogP contribution in [0.3, 0.4) is 0 Å². The Morgan fingerprint density at radius 3 is 2.47 bits per heavy atom. The zero-order valence-corrected chi connectivity index (χ0v) is 10.8. The van der Waals surface area contributed by atoms with Crippen molar-refractivity contribution in [3.63, 3.8) is 0 Å². The molecule has 0 fully saturated rings. The van der Waals surface area contributed by atoms with Gasteiger partial charge in [0.2, 0.25) is 0 Å². The highest BCUT2D eigenvalue weighted by molar-refractivity contribution is 5.49. The molecule has 0 aliphatic heterocycles. The van der Waals surface area contributed by atoms with E-state index in [0.29, 0.717) is 6.54 Å². The van der Waals surface area contributed by atoms with Crippen LogP contribution < -0.4 is 0 Å². The van der Waals surface area contributed by atoms with Crippen molar-refractivity contribution < 1.29 is 4.79 Å². The fourth-order valence-corrected chi connectivity index (χ4v) is 1.60. The minimum Gasteiger partial charge on any atom is -0.327 e. The number of hydrogen-bond acceptors (Lipinski definition) is 1. The number of carbonyl (C=O) groups excluding carboxylic acids is 1. The lowest BCUT2D eigenvalue weighted by atomic mass is 9.84. The molecule has 1 atom stereocenters. The normalized spacial score (nSPS) is 12.9. The minimum absolute atomic E-state index is 0.0673. The second kappa shape index (κ2) is 5.67. The topological polar surface area (TPSA) is 20.3 Å². The van der Waals surface area contributed by atoms with Crippen LogP contribution >= 0.6 is 0 Å². The Morgan fingerprint density at radius 1 is 1.41 bits per heavy atom. The summed E-state index contributed by atoms with van der Waals surface area (Å²) in [5, 5.41) is 0. The van der Waals surface area contributed by atoms with Gasteiger partial charge in [0.15, 0.2) is 0 Å². The lowest BCUT2D eigenvalue weighted by Gasteiger charge is -2.35. The first kappa shape index (κ1) is 13.5. The summed E-state index contributed by atoms with van der Waals surface area (Å²) >= 11 is 0. The first-order valence-corrected chi connectivity index (χ1v) is 5.83. The molecule has 0 aromatic heterocycles. The molecule has 0 heterocycles. The van der Waals surface area contributed by atoms with Gasteiger partial charge in [0, 0.05) is 18.0 Å². The second-order valence-electron chi connectivity index (χ2n) is 4.91. The van der Waals surface area contributed by atoms with Crippen molar-refractivity contribution in [2.75, 3.05) is 0 Å². The van der Waals surface area contributed by atoms with Crippen LogP contribution in [0, 0.1) is 5.41 Å². The fraction of sp³-hybridized carbons (Fsp3) is 0.400. The fourth-order valence-electron chi connectivity index (χ4n) is 1.60. The number of amides is 1. The van der Waals surface area contributed by atoms with Crippen molar-refractivity contribution >= 4 is 6.41 Å². The summed E-state index contributed by atoms with van der Waals surface area (Å²) in [6.07, 6.45) is 3.91. The van der Waals surface area contributed by atoms with E-state index in [0.717, 1.165) is 5.56 Å². The summed E-state index contributed by atoms with van der Waals surface area (Å²) < 4.78 is 0. The molecule has 0 N–H and O–H groups in total. The van der Waals surface area contributed by atoms with Crippen LogP contribution in [-0.4, -0.2) is 17.4 Å². The Kier molecular flexibility index (Phi) is 4.50. The monoisotopic (exact) mass is 230 g/mol. The molecule has 0 aliphatic rings. The van der Waals surface area contributed by atoms with E-state index in [4.69, 9.17) is 0 Å². The molecule has 2 nitrogen and oxygen atoms in total. The second-order valence-corrected chi connectivity index (χ2v) is 4.91. The van der Waals surface area contributed by atoms with E-state index in [1.54, 1.807) is 4.90 Å². The van der Waals surface area contributed by atoms with Gasteiger partial charge >= 0.3 is 6.41 Å². The van der Waals surface area contributed by atoms with Gasteiger partial charge in [0.25, 0.3) is 0 Å². The van der Waals surface area contributed by atoms with Crippen molar-refractivity contribution in [1.82, 2.24) is 4.90 Å². The average Bonchev–Trinajstić information content (AvgIpc) is 2.36. The van der Waals surface area contributed by atoms with Gasteiger partial charge in [-0.25, -0.2) is 0 Å². The third-order valence-electron chi connectivity index (χ3n) is 3.38. The molecular formula is C15H20NO. The van der Waals surface area contributed by atoms with Gasteiger partial charge < -0.3 is 4.90 Å². The van der Waals surface area contributed by atoms with E-state index in [1.807, 2.05) is 49.7 Å². The summed E-state index contributed by atoms with van der Waals surface area (Å²) in [7, 11) is 0. The van der Waals surface area contributed by atoms with Crippen LogP contribution in [0.1, 0.15) is 26.3 Å². The quantitative estimate of drug-likeness (QED) is 0.543. The maximum Gasteiger partial charge on any atom is 0.312 e. The first-order chi connectivity index (χ1) is 8.01. The van der Waals surface area contributed by atoms with E-state index in [-0.39, 0.29) is 11.5 Å². The van der Waals surface area contributed by atoms with Crippen LogP contribution in [-0.2, 0) is 11.3 Å². The van der Waals surface area contributed by atoms with Crippen LogP contribution in [0.15, 0.2) is 43.0 Å². The molecule has 1 amide bonds. The lowest BCUT2D eigenvalue weighted by molar-refractivity contribution is 0.196. The highest BCUT2D eigenvalue weighted by Crippen LogP contribution is 2.26. The molecule has 1 rings (SSSR count). The number of rotatable bonds is 6. The summed E-state index contributed by atoms with van der Waals surface area (Å²) in [4.78, 5) is 12.8. The zero-order valence-electron chi connectivity index (χ0n) is 10.8. The van der Waals surface area contributed by atoms with Gasteiger partial charge in [-0.1, -0.05) is 50.3 Å². The summed E-state index contributed by atoms with van der Waals surface area (Å²) in [5.74, 6) is 0. The SMILES string of the molecule is C=CC(C)(C)C(C)N([C]=O)Cc1ccccc1. The van der Waals surface area contributed by atoms with E-state index < -0.39 is 0 Å². The molecule has 1 aromatic carbocycles. The lowest BCUT2D eigenvalue weighted by Crippen LogP contribution is -2.41. The van der Waals surface area contributed by atoms with Gasteiger partial charge in [-0.15, -0.1) is 6.58 Å². The molecule has 1 radical (unpaired) electrons.